The van der Waals surface area contributed by atoms with E-state index in [0.717, 1.165) is 34.5 Å². The van der Waals surface area contributed by atoms with E-state index in [1.165, 1.54) is 49.7 Å². The zero-order valence-corrected chi connectivity index (χ0v) is 29.4. The van der Waals surface area contributed by atoms with Crippen LogP contribution in [0.3, 0.4) is 0 Å². The first-order valence-electron chi connectivity index (χ1n) is 17.6. The van der Waals surface area contributed by atoms with Gasteiger partial charge in [0, 0.05) is 5.56 Å². The lowest BCUT2D eigenvalue weighted by atomic mass is 9.42. The number of benzene rings is 5. The molecule has 6 nitrogen and oxygen atoms in total. The summed E-state index contributed by atoms with van der Waals surface area (Å²) in [5.74, 6) is 4.80. The van der Waals surface area contributed by atoms with Gasteiger partial charge in [0.25, 0.3) is 0 Å². The van der Waals surface area contributed by atoms with Crippen LogP contribution in [-0.2, 0) is 15.4 Å². The van der Waals surface area contributed by atoms with E-state index >= 15 is 0 Å². The molecule has 4 fully saturated rings. The molecule has 3 atom stereocenters. The second-order valence-corrected chi connectivity index (χ2v) is 16.9. The highest BCUT2D eigenvalue weighted by molar-refractivity contribution is 7.75. The van der Waals surface area contributed by atoms with Gasteiger partial charge in [0.05, 0.1) is 24.8 Å². The molecule has 5 aromatic carbocycles. The molecule has 0 N–H and O–H groups in total. The SMILES string of the molecule is COc1ccc(C23CC4CC(C2)CC(c2ccc(OCOc5ccc(OC)c(P6(=O)Oc7ccccc7-c7ccccc76)c5)cc2)(C4)C3)cc1. The highest BCUT2D eigenvalue weighted by atomic mass is 31.2. The lowest BCUT2D eigenvalue weighted by Gasteiger charge is -2.62. The molecule has 4 aliphatic carbocycles. The summed E-state index contributed by atoms with van der Waals surface area (Å²) in [7, 11) is -0.260. The zero-order chi connectivity index (χ0) is 33.9. The van der Waals surface area contributed by atoms with E-state index < -0.39 is 7.37 Å². The summed E-state index contributed by atoms with van der Waals surface area (Å²) < 4.78 is 44.5. The van der Waals surface area contributed by atoms with Crippen molar-refractivity contribution in [2.45, 2.75) is 49.4 Å². The molecule has 0 spiro atoms. The van der Waals surface area contributed by atoms with Gasteiger partial charge in [0.15, 0.2) is 0 Å². The third-order valence-electron chi connectivity index (χ3n) is 11.8. The van der Waals surface area contributed by atoms with E-state index in [9.17, 15) is 4.57 Å². The van der Waals surface area contributed by atoms with Crippen LogP contribution >= 0.6 is 7.37 Å². The molecule has 0 aromatic heterocycles. The minimum Gasteiger partial charge on any atom is -0.497 e. The monoisotopic (exact) mass is 684 g/mol. The molecule has 254 valence electrons. The van der Waals surface area contributed by atoms with Crippen LogP contribution in [0.15, 0.2) is 115 Å². The van der Waals surface area contributed by atoms with Crippen LogP contribution < -0.4 is 34.1 Å². The largest absolute Gasteiger partial charge is 0.497 e. The molecular weight excluding hydrogens is 643 g/mol. The standard InChI is InChI=1S/C43H41O6P/c1-45-33-15-11-31(12-16-33)42-23-29-21-30(24-42)26-43(25-29,27-42)32-13-17-34(18-14-32)47-28-48-35-19-20-39(46-2)41(22-35)50(44)40-10-6-4-8-37(40)36-7-3-5-9-38(36)49-50/h3-20,22,29-30H,21,23-28H2,1-2H3. The summed E-state index contributed by atoms with van der Waals surface area (Å²) in [6, 6.07) is 38.3. The fourth-order valence-electron chi connectivity index (χ4n) is 10.0. The first-order valence-corrected chi connectivity index (χ1v) is 19.2. The number of hydrogen-bond donors (Lipinski definition) is 0. The third kappa shape index (κ3) is 5.10. The Labute approximate surface area is 293 Å². The van der Waals surface area contributed by atoms with Crippen LogP contribution in [0, 0.1) is 11.8 Å². The van der Waals surface area contributed by atoms with Crippen molar-refractivity contribution in [3.8, 4) is 39.9 Å². The molecular formula is C43H41O6P. The molecule has 0 radical (unpaired) electrons. The number of para-hydroxylation sites is 1. The fraction of sp³-hybridized carbons (Fsp3) is 0.302. The maximum Gasteiger partial charge on any atom is 0.311 e. The Kier molecular flexibility index (Phi) is 7.51. The van der Waals surface area contributed by atoms with E-state index in [-0.39, 0.29) is 17.6 Å². The predicted molar refractivity (Wildman–Crippen MR) is 196 cm³/mol. The van der Waals surface area contributed by atoms with Crippen molar-refractivity contribution in [1.82, 2.24) is 0 Å². The smallest absolute Gasteiger partial charge is 0.311 e. The quantitative estimate of drug-likeness (QED) is 0.114. The first-order chi connectivity index (χ1) is 24.4. The fourth-order valence-corrected chi connectivity index (χ4v) is 12.5. The molecule has 5 aromatic rings. The maximum atomic E-state index is 14.8. The number of ether oxygens (including phenoxy) is 4. The molecule has 0 amide bonds. The average Bonchev–Trinajstić information content (AvgIpc) is 3.15. The zero-order valence-electron chi connectivity index (χ0n) is 28.5. The second kappa shape index (κ2) is 12.0. The molecule has 7 heteroatoms. The number of methoxy groups -OCH3 is 2. The van der Waals surface area contributed by atoms with Gasteiger partial charge in [0.2, 0.25) is 6.79 Å². The number of hydrogen-bond acceptors (Lipinski definition) is 6. The van der Waals surface area contributed by atoms with Gasteiger partial charge in [-0.25, -0.2) is 0 Å². The van der Waals surface area contributed by atoms with Gasteiger partial charge in [-0.05, 0) is 132 Å². The summed E-state index contributed by atoms with van der Waals surface area (Å²) in [4.78, 5) is 0. The highest BCUT2D eigenvalue weighted by Gasteiger charge is 2.58. The molecule has 1 heterocycles. The lowest BCUT2D eigenvalue weighted by molar-refractivity contribution is -0.0281. The van der Waals surface area contributed by atoms with E-state index in [4.69, 9.17) is 23.5 Å². The van der Waals surface area contributed by atoms with Crippen LogP contribution in [0.5, 0.6) is 28.7 Å². The summed E-state index contributed by atoms with van der Waals surface area (Å²) in [6.45, 7) is 0.00552. The number of rotatable bonds is 9. The van der Waals surface area contributed by atoms with Crippen molar-refractivity contribution in [3.63, 3.8) is 0 Å². The average molecular weight is 685 g/mol. The van der Waals surface area contributed by atoms with Crippen LogP contribution in [0.2, 0.25) is 0 Å². The summed E-state index contributed by atoms with van der Waals surface area (Å²) >= 11 is 0. The Morgan fingerprint density at radius 3 is 1.88 bits per heavy atom. The Morgan fingerprint density at radius 1 is 0.640 bits per heavy atom. The topological polar surface area (TPSA) is 63.2 Å². The molecule has 1 aliphatic heterocycles. The van der Waals surface area contributed by atoms with Gasteiger partial charge >= 0.3 is 7.37 Å². The summed E-state index contributed by atoms with van der Waals surface area (Å²) in [6.07, 6.45) is 7.70. The minimum atomic E-state index is -3.57. The summed E-state index contributed by atoms with van der Waals surface area (Å²) in [5, 5.41) is 1.09. The normalized spacial score (nSPS) is 27.1. The molecule has 10 rings (SSSR count). The molecule has 50 heavy (non-hydrogen) atoms. The Morgan fingerprint density at radius 2 is 1.22 bits per heavy atom. The maximum absolute atomic E-state index is 14.8. The van der Waals surface area contributed by atoms with Crippen molar-refractivity contribution >= 4 is 18.0 Å². The molecule has 3 unspecified atom stereocenters. The lowest BCUT2D eigenvalue weighted by Crippen LogP contribution is -2.55. The van der Waals surface area contributed by atoms with Crippen molar-refractivity contribution in [2.75, 3.05) is 21.0 Å². The molecule has 0 saturated heterocycles. The Hall–Kier alpha value is -4.67. The predicted octanol–water partition coefficient (Wildman–Crippen LogP) is 9.20. The van der Waals surface area contributed by atoms with E-state index in [1.807, 2.05) is 48.5 Å². The Balaban J connectivity index is 0.921. The van der Waals surface area contributed by atoms with Crippen molar-refractivity contribution in [2.24, 2.45) is 11.8 Å². The van der Waals surface area contributed by atoms with Gasteiger partial charge in [-0.2, -0.15) is 0 Å². The summed E-state index contributed by atoms with van der Waals surface area (Å²) in [5.41, 5.74) is 5.16. The minimum absolute atomic E-state index is 0.00552. The highest BCUT2D eigenvalue weighted by Crippen LogP contribution is 2.66. The second-order valence-electron chi connectivity index (χ2n) is 14.7. The van der Waals surface area contributed by atoms with Gasteiger partial charge in [0.1, 0.15) is 28.7 Å². The number of fused-ring (bicyclic) bond motifs is 3. The van der Waals surface area contributed by atoms with Gasteiger partial charge in [-0.1, -0.05) is 60.7 Å². The van der Waals surface area contributed by atoms with Crippen molar-refractivity contribution < 1.29 is 28.0 Å². The van der Waals surface area contributed by atoms with Crippen molar-refractivity contribution in [1.29, 1.82) is 0 Å². The van der Waals surface area contributed by atoms with Crippen LogP contribution in [0.1, 0.15) is 49.7 Å². The van der Waals surface area contributed by atoms with Gasteiger partial charge < -0.3 is 23.5 Å². The molecule has 4 bridgehead atoms. The van der Waals surface area contributed by atoms with Gasteiger partial charge in [-0.15, -0.1) is 0 Å². The van der Waals surface area contributed by atoms with Crippen LogP contribution in [-0.4, -0.2) is 21.0 Å². The van der Waals surface area contributed by atoms with E-state index in [2.05, 4.69) is 48.5 Å². The molecule has 5 aliphatic rings. The first kappa shape index (κ1) is 31.3. The van der Waals surface area contributed by atoms with Crippen LogP contribution in [0.4, 0.5) is 0 Å². The van der Waals surface area contributed by atoms with Gasteiger partial charge in [-0.3, -0.25) is 4.57 Å². The molecule has 4 saturated carbocycles. The Bertz CT molecular complexity index is 2090. The van der Waals surface area contributed by atoms with E-state index in [1.54, 1.807) is 32.4 Å². The van der Waals surface area contributed by atoms with Crippen LogP contribution in [0.25, 0.3) is 11.1 Å². The van der Waals surface area contributed by atoms with Crippen molar-refractivity contribution in [3.05, 3.63) is 126 Å². The third-order valence-corrected chi connectivity index (χ3v) is 14.2. The van der Waals surface area contributed by atoms with E-state index in [0.29, 0.717) is 27.9 Å².